The van der Waals surface area contributed by atoms with Crippen molar-refractivity contribution in [3.05, 3.63) is 65.7 Å². The second kappa shape index (κ2) is 5.49. The fraction of sp³-hybridized carbons (Fsp3) is 0.200. The highest BCUT2D eigenvalue weighted by molar-refractivity contribution is 6.65. The van der Waals surface area contributed by atoms with Crippen molar-refractivity contribution >= 4 is 16.8 Å². The number of hydrogen-bond acceptors (Lipinski definition) is 2. The van der Waals surface area contributed by atoms with Gasteiger partial charge in [-0.05, 0) is 60.3 Å². The average molecular weight is 278 g/mol. The fourth-order valence-corrected chi connectivity index (χ4v) is 2.20. The molecular formula is C15H13ClFNO. The lowest BCUT2D eigenvalue weighted by Gasteiger charge is -2.26. The van der Waals surface area contributed by atoms with Crippen LogP contribution in [0.15, 0.2) is 48.8 Å². The Kier molecular flexibility index (Phi) is 3.96. The summed E-state index contributed by atoms with van der Waals surface area (Å²) in [4.78, 5) is 15.7. The summed E-state index contributed by atoms with van der Waals surface area (Å²) < 4.78 is 13.3. The summed E-state index contributed by atoms with van der Waals surface area (Å²) in [7, 11) is 0. The van der Waals surface area contributed by atoms with Crippen molar-refractivity contribution in [2.24, 2.45) is 0 Å². The molecule has 1 aromatic carbocycles. The molecule has 0 saturated carbocycles. The van der Waals surface area contributed by atoms with Crippen LogP contribution < -0.4 is 0 Å². The van der Waals surface area contributed by atoms with Gasteiger partial charge in [0.25, 0.3) is 0 Å². The van der Waals surface area contributed by atoms with Crippen LogP contribution in [0.4, 0.5) is 4.39 Å². The van der Waals surface area contributed by atoms with Gasteiger partial charge in [0.15, 0.2) is 0 Å². The average Bonchev–Trinajstić information content (AvgIpc) is 2.39. The maximum Gasteiger partial charge on any atom is 0.232 e. The first-order valence-electron chi connectivity index (χ1n) is 5.87. The van der Waals surface area contributed by atoms with Gasteiger partial charge in [-0.15, -0.1) is 0 Å². The number of pyridine rings is 1. The molecule has 0 saturated heterocycles. The highest BCUT2D eigenvalue weighted by Gasteiger charge is 2.34. The van der Waals surface area contributed by atoms with Crippen molar-refractivity contribution in [1.29, 1.82) is 0 Å². The lowest BCUT2D eigenvalue weighted by molar-refractivity contribution is -0.116. The van der Waals surface area contributed by atoms with Gasteiger partial charge >= 0.3 is 0 Å². The first-order chi connectivity index (χ1) is 9.02. The molecule has 0 N–H and O–H groups in total. The molecule has 0 fully saturated rings. The molecule has 98 valence electrons. The molecule has 19 heavy (non-hydrogen) atoms. The molecule has 0 aliphatic carbocycles. The van der Waals surface area contributed by atoms with Gasteiger partial charge < -0.3 is 0 Å². The molecule has 0 bridgehead atoms. The van der Waals surface area contributed by atoms with Gasteiger partial charge in [0.05, 0.1) is 5.41 Å². The molecule has 1 unspecified atom stereocenters. The van der Waals surface area contributed by atoms with E-state index in [2.05, 4.69) is 4.98 Å². The first-order valence-corrected chi connectivity index (χ1v) is 6.25. The third-order valence-electron chi connectivity index (χ3n) is 3.20. The summed E-state index contributed by atoms with van der Waals surface area (Å²) >= 11 is 5.74. The minimum absolute atomic E-state index is 0.378. The Morgan fingerprint density at radius 2 is 2.00 bits per heavy atom. The predicted octanol–water partition coefficient (Wildman–Crippen LogP) is 3.49. The molecule has 0 amide bonds. The van der Waals surface area contributed by atoms with Gasteiger partial charge in [0, 0.05) is 12.4 Å². The van der Waals surface area contributed by atoms with E-state index in [9.17, 15) is 9.18 Å². The van der Waals surface area contributed by atoms with E-state index >= 15 is 0 Å². The summed E-state index contributed by atoms with van der Waals surface area (Å²) in [6.07, 6.45) is 3.71. The van der Waals surface area contributed by atoms with E-state index in [0.29, 0.717) is 12.0 Å². The van der Waals surface area contributed by atoms with E-state index < -0.39 is 10.7 Å². The molecule has 0 aliphatic heterocycles. The Morgan fingerprint density at radius 3 is 2.58 bits per heavy atom. The maximum atomic E-state index is 13.3. The van der Waals surface area contributed by atoms with Gasteiger partial charge in [-0.2, -0.15) is 0 Å². The smallest absolute Gasteiger partial charge is 0.232 e. The standard InChI is InChI=1S/C15H13ClFNO/c1-15(14(16)19,10-11-5-7-18-8-6-11)12-3-2-4-13(17)9-12/h2-9H,10H2,1H3. The molecule has 2 rings (SSSR count). The highest BCUT2D eigenvalue weighted by Crippen LogP contribution is 2.31. The Balaban J connectivity index is 2.41. The third kappa shape index (κ3) is 2.99. The van der Waals surface area contributed by atoms with Gasteiger partial charge in [-0.1, -0.05) is 12.1 Å². The van der Waals surface area contributed by atoms with Crippen LogP contribution in [-0.4, -0.2) is 10.2 Å². The van der Waals surface area contributed by atoms with Crippen LogP contribution in [0.25, 0.3) is 0 Å². The Hall–Kier alpha value is -1.74. The van der Waals surface area contributed by atoms with E-state index in [1.54, 1.807) is 31.5 Å². The van der Waals surface area contributed by atoms with Crippen LogP contribution in [0, 0.1) is 5.82 Å². The van der Waals surface area contributed by atoms with E-state index in [1.165, 1.54) is 12.1 Å². The molecule has 1 atom stereocenters. The number of carbonyl (C=O) groups is 1. The predicted molar refractivity (Wildman–Crippen MR) is 72.6 cm³/mol. The van der Waals surface area contributed by atoms with Crippen LogP contribution >= 0.6 is 11.6 Å². The molecule has 4 heteroatoms. The second-order valence-corrected chi connectivity index (χ2v) is 4.99. The Bertz CT molecular complexity index is 588. The van der Waals surface area contributed by atoms with Crippen molar-refractivity contribution < 1.29 is 9.18 Å². The number of hydrogen-bond donors (Lipinski definition) is 0. The van der Waals surface area contributed by atoms with E-state index in [0.717, 1.165) is 5.56 Å². The summed E-state index contributed by atoms with van der Waals surface area (Å²) in [5.41, 5.74) is 0.547. The van der Waals surface area contributed by atoms with Crippen molar-refractivity contribution in [3.8, 4) is 0 Å². The zero-order chi connectivity index (χ0) is 13.9. The molecule has 0 spiro atoms. The lowest BCUT2D eigenvalue weighted by Crippen LogP contribution is -2.32. The summed E-state index contributed by atoms with van der Waals surface area (Å²) in [6.45, 7) is 1.72. The molecule has 0 radical (unpaired) electrons. The maximum absolute atomic E-state index is 13.3. The number of benzene rings is 1. The molecule has 1 heterocycles. The molecule has 2 aromatic rings. The SMILES string of the molecule is CC(Cc1ccncc1)(C(=O)Cl)c1cccc(F)c1. The summed E-state index contributed by atoms with van der Waals surface area (Å²) in [5, 5.41) is -0.505. The molecule has 2 nitrogen and oxygen atoms in total. The van der Waals surface area contributed by atoms with Crippen molar-refractivity contribution in [2.45, 2.75) is 18.8 Å². The van der Waals surface area contributed by atoms with Crippen molar-refractivity contribution in [1.82, 2.24) is 4.98 Å². The first kappa shape index (κ1) is 13.7. The Morgan fingerprint density at radius 1 is 1.32 bits per heavy atom. The highest BCUT2D eigenvalue weighted by atomic mass is 35.5. The number of rotatable bonds is 4. The molecule has 1 aromatic heterocycles. The third-order valence-corrected chi connectivity index (χ3v) is 3.62. The number of carbonyl (C=O) groups excluding carboxylic acids is 1. The van der Waals surface area contributed by atoms with Crippen LogP contribution in [0.2, 0.25) is 0 Å². The van der Waals surface area contributed by atoms with Crippen LogP contribution in [0.1, 0.15) is 18.1 Å². The van der Waals surface area contributed by atoms with Crippen LogP contribution in [0.3, 0.4) is 0 Å². The zero-order valence-corrected chi connectivity index (χ0v) is 11.2. The van der Waals surface area contributed by atoms with Crippen molar-refractivity contribution in [2.75, 3.05) is 0 Å². The minimum atomic E-state index is -0.953. The van der Waals surface area contributed by atoms with E-state index in [1.807, 2.05) is 12.1 Å². The minimum Gasteiger partial charge on any atom is -0.280 e. The quantitative estimate of drug-likeness (QED) is 0.801. The van der Waals surface area contributed by atoms with Crippen LogP contribution in [0.5, 0.6) is 0 Å². The number of halogens is 2. The van der Waals surface area contributed by atoms with E-state index in [-0.39, 0.29) is 5.82 Å². The molecular weight excluding hydrogens is 265 g/mol. The summed E-state index contributed by atoms with van der Waals surface area (Å²) in [5.74, 6) is -0.378. The number of nitrogens with zero attached hydrogens (tertiary/aromatic N) is 1. The largest absolute Gasteiger partial charge is 0.280 e. The van der Waals surface area contributed by atoms with Gasteiger partial charge in [0.2, 0.25) is 5.24 Å². The second-order valence-electron chi connectivity index (χ2n) is 4.65. The fourth-order valence-electron chi connectivity index (χ4n) is 2.03. The van der Waals surface area contributed by atoms with E-state index in [4.69, 9.17) is 11.6 Å². The monoisotopic (exact) mass is 277 g/mol. The topological polar surface area (TPSA) is 30.0 Å². The Labute approximate surface area is 116 Å². The number of aromatic nitrogens is 1. The molecule has 0 aliphatic rings. The normalized spacial score (nSPS) is 13.8. The van der Waals surface area contributed by atoms with Crippen LogP contribution in [-0.2, 0) is 16.6 Å². The van der Waals surface area contributed by atoms with Crippen molar-refractivity contribution in [3.63, 3.8) is 0 Å². The van der Waals surface area contributed by atoms with Gasteiger partial charge in [0.1, 0.15) is 5.82 Å². The summed E-state index contributed by atoms with van der Waals surface area (Å²) in [6, 6.07) is 9.62. The van der Waals surface area contributed by atoms with Gasteiger partial charge in [-0.25, -0.2) is 4.39 Å². The van der Waals surface area contributed by atoms with Gasteiger partial charge in [-0.3, -0.25) is 9.78 Å². The lowest BCUT2D eigenvalue weighted by atomic mass is 9.78. The zero-order valence-electron chi connectivity index (χ0n) is 10.4.